The summed E-state index contributed by atoms with van der Waals surface area (Å²) < 4.78 is 7.03. The normalized spacial score (nSPS) is 10.8. The molecule has 0 aliphatic heterocycles. The summed E-state index contributed by atoms with van der Waals surface area (Å²) in [6.07, 6.45) is 2.78. The van der Waals surface area contributed by atoms with Crippen LogP contribution in [-0.4, -0.2) is 33.3 Å². The maximum atomic E-state index is 12.3. The number of nitrogens with one attached hydrogen (secondary N) is 1. The minimum atomic E-state index is -0.825. The molecule has 146 valence electrons. The standard InChI is InChI=1S/C21H23N3O4/c1-14-19(9-10-20(25)26)15(2)24(23-14)17-7-5-16(6-8-17)21(27)22-12-11-18-4-3-13-28-18/h3-8,13H,9-12H2,1-2H3,(H,22,27)(H,25,26). The highest BCUT2D eigenvalue weighted by Crippen LogP contribution is 2.20. The molecule has 2 aromatic heterocycles. The van der Waals surface area contributed by atoms with Crippen molar-refractivity contribution < 1.29 is 19.1 Å². The van der Waals surface area contributed by atoms with Crippen LogP contribution in [0.2, 0.25) is 0 Å². The first-order valence-electron chi connectivity index (χ1n) is 9.13. The van der Waals surface area contributed by atoms with E-state index in [1.54, 1.807) is 23.1 Å². The lowest BCUT2D eigenvalue weighted by Crippen LogP contribution is -2.25. The maximum Gasteiger partial charge on any atom is 0.303 e. The molecule has 1 aromatic carbocycles. The van der Waals surface area contributed by atoms with Crippen LogP contribution in [0.5, 0.6) is 0 Å². The molecule has 0 fully saturated rings. The lowest BCUT2D eigenvalue weighted by Gasteiger charge is -2.08. The third kappa shape index (κ3) is 4.49. The van der Waals surface area contributed by atoms with Gasteiger partial charge in [0, 0.05) is 30.6 Å². The zero-order chi connectivity index (χ0) is 20.1. The van der Waals surface area contributed by atoms with E-state index in [0.29, 0.717) is 24.9 Å². The van der Waals surface area contributed by atoms with Crippen LogP contribution in [0.25, 0.3) is 5.69 Å². The Balaban J connectivity index is 1.66. The number of benzene rings is 1. The summed E-state index contributed by atoms with van der Waals surface area (Å²) in [5, 5.41) is 16.3. The Labute approximate surface area is 163 Å². The molecule has 0 aliphatic carbocycles. The Morgan fingerprint density at radius 1 is 1.14 bits per heavy atom. The first-order chi connectivity index (χ1) is 13.5. The molecule has 0 unspecified atom stereocenters. The number of carbonyl (C=O) groups excluding carboxylic acids is 1. The minimum Gasteiger partial charge on any atom is -0.481 e. The van der Waals surface area contributed by atoms with Crippen molar-refractivity contribution >= 4 is 11.9 Å². The topological polar surface area (TPSA) is 97.4 Å². The van der Waals surface area contributed by atoms with E-state index in [1.807, 2.05) is 38.1 Å². The van der Waals surface area contributed by atoms with E-state index in [-0.39, 0.29) is 12.3 Å². The number of amides is 1. The van der Waals surface area contributed by atoms with Crippen molar-refractivity contribution in [1.29, 1.82) is 0 Å². The molecule has 7 nitrogen and oxygen atoms in total. The predicted octanol–water partition coefficient (Wildman–Crippen LogP) is 3.07. The van der Waals surface area contributed by atoms with Gasteiger partial charge in [-0.15, -0.1) is 0 Å². The average Bonchev–Trinajstić information content (AvgIpc) is 3.28. The van der Waals surface area contributed by atoms with Gasteiger partial charge in [0.15, 0.2) is 0 Å². The molecular formula is C21H23N3O4. The van der Waals surface area contributed by atoms with Crippen LogP contribution >= 0.6 is 0 Å². The molecular weight excluding hydrogens is 358 g/mol. The summed E-state index contributed by atoms with van der Waals surface area (Å²) in [6.45, 7) is 4.30. The van der Waals surface area contributed by atoms with Gasteiger partial charge in [-0.25, -0.2) is 4.68 Å². The zero-order valence-electron chi connectivity index (χ0n) is 15.9. The fourth-order valence-corrected chi connectivity index (χ4v) is 3.13. The van der Waals surface area contributed by atoms with E-state index in [4.69, 9.17) is 9.52 Å². The number of aliphatic carboxylic acids is 1. The molecule has 0 saturated heterocycles. The van der Waals surface area contributed by atoms with Gasteiger partial charge in [0.1, 0.15) is 5.76 Å². The van der Waals surface area contributed by atoms with Gasteiger partial charge in [-0.1, -0.05) is 0 Å². The number of carboxylic acids is 1. The maximum absolute atomic E-state index is 12.3. The summed E-state index contributed by atoms with van der Waals surface area (Å²) in [7, 11) is 0. The van der Waals surface area contributed by atoms with Crippen LogP contribution in [0.3, 0.4) is 0 Å². The highest BCUT2D eigenvalue weighted by molar-refractivity contribution is 5.94. The van der Waals surface area contributed by atoms with Crippen LogP contribution in [0.1, 0.15) is 39.5 Å². The molecule has 3 rings (SSSR count). The van der Waals surface area contributed by atoms with Crippen molar-refractivity contribution in [3.05, 3.63) is 70.9 Å². The monoisotopic (exact) mass is 381 g/mol. The largest absolute Gasteiger partial charge is 0.481 e. The molecule has 2 heterocycles. The van der Waals surface area contributed by atoms with Crippen molar-refractivity contribution in [1.82, 2.24) is 15.1 Å². The van der Waals surface area contributed by atoms with Gasteiger partial charge in [-0.3, -0.25) is 9.59 Å². The SMILES string of the molecule is Cc1nn(-c2ccc(C(=O)NCCc3ccco3)cc2)c(C)c1CCC(=O)O. The highest BCUT2D eigenvalue weighted by Gasteiger charge is 2.14. The number of furan rings is 1. The molecule has 0 bridgehead atoms. The average molecular weight is 381 g/mol. The molecule has 7 heteroatoms. The minimum absolute atomic E-state index is 0.0739. The summed E-state index contributed by atoms with van der Waals surface area (Å²) in [6, 6.07) is 10.9. The molecule has 0 atom stereocenters. The lowest BCUT2D eigenvalue weighted by molar-refractivity contribution is -0.136. The van der Waals surface area contributed by atoms with Gasteiger partial charge in [-0.05, 0) is 62.2 Å². The molecule has 0 radical (unpaired) electrons. The molecule has 0 saturated carbocycles. The quantitative estimate of drug-likeness (QED) is 0.625. The second-order valence-electron chi connectivity index (χ2n) is 6.59. The molecule has 3 aromatic rings. The third-order valence-electron chi connectivity index (χ3n) is 4.64. The summed E-state index contributed by atoms with van der Waals surface area (Å²) in [5.41, 5.74) is 4.07. The molecule has 28 heavy (non-hydrogen) atoms. The number of hydrogen-bond acceptors (Lipinski definition) is 4. The van der Waals surface area contributed by atoms with Gasteiger partial charge < -0.3 is 14.8 Å². The fourth-order valence-electron chi connectivity index (χ4n) is 3.13. The molecule has 1 amide bonds. The predicted molar refractivity (Wildman–Crippen MR) is 104 cm³/mol. The Bertz CT molecular complexity index is 956. The van der Waals surface area contributed by atoms with Crippen LogP contribution in [0.4, 0.5) is 0 Å². The van der Waals surface area contributed by atoms with E-state index in [2.05, 4.69) is 10.4 Å². The first kappa shape index (κ1) is 19.4. The van der Waals surface area contributed by atoms with Crippen LogP contribution < -0.4 is 5.32 Å². The van der Waals surface area contributed by atoms with Crippen molar-refractivity contribution in [2.45, 2.75) is 33.1 Å². The Kier molecular flexibility index (Phi) is 5.93. The van der Waals surface area contributed by atoms with Gasteiger partial charge in [0.2, 0.25) is 0 Å². The van der Waals surface area contributed by atoms with E-state index < -0.39 is 5.97 Å². The third-order valence-corrected chi connectivity index (χ3v) is 4.64. The van der Waals surface area contributed by atoms with E-state index in [1.165, 1.54) is 0 Å². The fraction of sp³-hybridized carbons (Fsp3) is 0.286. The molecule has 0 spiro atoms. The van der Waals surface area contributed by atoms with Crippen LogP contribution in [-0.2, 0) is 17.6 Å². The van der Waals surface area contributed by atoms with Crippen molar-refractivity contribution in [3.63, 3.8) is 0 Å². The highest BCUT2D eigenvalue weighted by atomic mass is 16.4. The summed E-state index contributed by atoms with van der Waals surface area (Å²) >= 11 is 0. The number of hydrogen-bond donors (Lipinski definition) is 2. The van der Waals surface area contributed by atoms with E-state index >= 15 is 0 Å². The van der Waals surface area contributed by atoms with Gasteiger partial charge in [0.25, 0.3) is 5.91 Å². The first-order valence-corrected chi connectivity index (χ1v) is 9.13. The smallest absolute Gasteiger partial charge is 0.303 e. The lowest BCUT2D eigenvalue weighted by atomic mass is 10.1. The van der Waals surface area contributed by atoms with Crippen molar-refractivity contribution in [2.75, 3.05) is 6.54 Å². The zero-order valence-corrected chi connectivity index (χ0v) is 15.9. The van der Waals surface area contributed by atoms with Crippen LogP contribution in [0, 0.1) is 13.8 Å². The Morgan fingerprint density at radius 2 is 1.89 bits per heavy atom. The summed E-state index contributed by atoms with van der Waals surface area (Å²) in [4.78, 5) is 23.1. The number of carbonyl (C=O) groups is 2. The second kappa shape index (κ2) is 8.56. The van der Waals surface area contributed by atoms with E-state index in [9.17, 15) is 9.59 Å². The van der Waals surface area contributed by atoms with Gasteiger partial charge in [0.05, 0.1) is 17.6 Å². The van der Waals surface area contributed by atoms with Gasteiger partial charge in [-0.2, -0.15) is 5.10 Å². The van der Waals surface area contributed by atoms with Crippen molar-refractivity contribution in [3.8, 4) is 5.69 Å². The number of carboxylic acid groups (broad SMARTS) is 1. The molecule has 2 N–H and O–H groups in total. The molecule has 0 aliphatic rings. The number of rotatable bonds is 8. The Hall–Kier alpha value is -3.35. The Morgan fingerprint density at radius 3 is 2.54 bits per heavy atom. The number of aromatic nitrogens is 2. The van der Waals surface area contributed by atoms with Crippen molar-refractivity contribution in [2.24, 2.45) is 0 Å². The van der Waals surface area contributed by atoms with Crippen LogP contribution in [0.15, 0.2) is 47.1 Å². The van der Waals surface area contributed by atoms with Gasteiger partial charge >= 0.3 is 5.97 Å². The number of aryl methyl sites for hydroxylation is 1. The van der Waals surface area contributed by atoms with E-state index in [0.717, 1.165) is 28.4 Å². The number of nitrogens with zero attached hydrogens (tertiary/aromatic N) is 2. The second-order valence-corrected chi connectivity index (χ2v) is 6.59. The summed E-state index contributed by atoms with van der Waals surface area (Å²) in [5.74, 6) is -0.138.